The van der Waals surface area contributed by atoms with Gasteiger partial charge in [0.2, 0.25) is 0 Å². The van der Waals surface area contributed by atoms with Gasteiger partial charge in [-0.3, -0.25) is 14.3 Å². The first-order chi connectivity index (χ1) is 12.1. The molecule has 0 aromatic carbocycles. The van der Waals surface area contributed by atoms with Gasteiger partial charge in [0, 0.05) is 46.8 Å². The van der Waals surface area contributed by atoms with Gasteiger partial charge < -0.3 is 5.32 Å². The Kier molecular flexibility index (Phi) is 4.86. The van der Waals surface area contributed by atoms with Crippen LogP contribution >= 0.6 is 33.9 Å². The lowest BCUT2D eigenvalue weighted by molar-refractivity contribution is 0.0956. The Labute approximate surface area is 164 Å². The summed E-state index contributed by atoms with van der Waals surface area (Å²) >= 11 is 2.27. The first kappa shape index (κ1) is 18.9. The maximum Gasteiger partial charge on any atom is 0.324 e. The number of carbonyl (C=O) groups excluding carboxylic acids is 1. The van der Waals surface area contributed by atoms with Gasteiger partial charge in [-0.25, -0.2) is 9.38 Å². The molecule has 26 heavy (non-hydrogen) atoms. The van der Waals surface area contributed by atoms with E-state index in [2.05, 4.69) is 15.4 Å². The third-order valence-electron chi connectivity index (χ3n) is 3.76. The van der Waals surface area contributed by atoms with Crippen LogP contribution in [0.15, 0.2) is 17.1 Å². The fourth-order valence-corrected chi connectivity index (χ4v) is 4.15. The molecule has 7 nitrogen and oxygen atoms in total. The number of hydrogen-bond donors (Lipinski definition) is 1. The number of aryl methyl sites for hydroxylation is 2. The summed E-state index contributed by atoms with van der Waals surface area (Å²) in [5, 5.41) is 6.57. The van der Waals surface area contributed by atoms with Crippen LogP contribution in [-0.2, 0) is 10.5 Å². The van der Waals surface area contributed by atoms with Crippen molar-refractivity contribution in [2.45, 2.75) is 24.3 Å². The highest BCUT2D eigenvalue weighted by Crippen LogP contribution is 2.36. The number of rotatable bonds is 4. The maximum absolute atomic E-state index is 13.5. The topological polar surface area (TPSA) is 81.3 Å². The molecule has 3 aromatic rings. The number of alkyl halides is 3. The van der Waals surface area contributed by atoms with E-state index in [0.717, 1.165) is 22.6 Å². The fourth-order valence-electron chi connectivity index (χ4n) is 2.63. The molecule has 0 radical (unpaired) electrons. The van der Waals surface area contributed by atoms with Gasteiger partial charge >= 0.3 is 3.93 Å². The summed E-state index contributed by atoms with van der Waals surface area (Å²) in [5.41, 5.74) is 0.265. The predicted molar refractivity (Wildman–Crippen MR) is 101 cm³/mol. The number of fused-ring (bicyclic) bond motifs is 1. The highest BCUT2D eigenvalue weighted by molar-refractivity contribution is 14.1. The van der Waals surface area contributed by atoms with Gasteiger partial charge in [-0.15, -0.1) is 11.3 Å². The van der Waals surface area contributed by atoms with Crippen molar-refractivity contribution in [1.82, 2.24) is 24.5 Å². The smallest absolute Gasteiger partial charge is 0.324 e. The van der Waals surface area contributed by atoms with Crippen molar-refractivity contribution in [2.75, 3.05) is 7.05 Å². The molecule has 0 fully saturated rings. The summed E-state index contributed by atoms with van der Waals surface area (Å²) in [4.78, 5) is 29.9. The summed E-state index contributed by atoms with van der Waals surface area (Å²) in [7, 11) is 1.48. The normalized spacial score (nSPS) is 11.9. The molecular weight excluding hydrogens is 479 g/mol. The molecule has 0 aliphatic carbocycles. The van der Waals surface area contributed by atoms with Crippen molar-refractivity contribution >= 4 is 44.8 Å². The Morgan fingerprint density at radius 1 is 1.42 bits per heavy atom. The molecule has 1 amide bonds. The van der Waals surface area contributed by atoms with Crippen LogP contribution in [0.4, 0.5) is 8.78 Å². The summed E-state index contributed by atoms with van der Waals surface area (Å²) in [6.45, 7) is 3.31. The lowest BCUT2D eigenvalue weighted by atomic mass is 10.3. The summed E-state index contributed by atoms with van der Waals surface area (Å²) < 4.78 is 26.6. The number of hydrogen-bond acceptors (Lipinski definition) is 5. The molecule has 0 aliphatic rings. The Morgan fingerprint density at radius 2 is 2.12 bits per heavy atom. The van der Waals surface area contributed by atoms with E-state index >= 15 is 0 Å². The maximum atomic E-state index is 13.5. The van der Waals surface area contributed by atoms with E-state index < -0.39 is 9.49 Å². The van der Waals surface area contributed by atoms with Crippen molar-refractivity contribution in [3.63, 3.8) is 0 Å². The van der Waals surface area contributed by atoms with Gasteiger partial charge in [0.05, 0.1) is 23.5 Å². The second-order valence-electron chi connectivity index (χ2n) is 5.61. The van der Waals surface area contributed by atoms with Gasteiger partial charge in [-0.1, -0.05) is 0 Å². The van der Waals surface area contributed by atoms with Crippen molar-refractivity contribution in [1.29, 1.82) is 0 Å². The molecule has 0 spiro atoms. The third-order valence-corrected chi connectivity index (χ3v) is 5.30. The number of halogens is 3. The SMILES string of the molecule is CNC(=O)c1c(C)sc2nc(Cn3cc(C(F)(F)I)c(C)n3)cc(=O)n12. The molecule has 0 atom stereocenters. The Hall–Kier alpha value is -1.89. The second-order valence-corrected chi connectivity index (χ2v) is 8.15. The summed E-state index contributed by atoms with van der Waals surface area (Å²) in [5.74, 6) is -0.373. The highest BCUT2D eigenvalue weighted by Gasteiger charge is 2.31. The van der Waals surface area contributed by atoms with Crippen LogP contribution in [0.1, 0.15) is 32.3 Å². The van der Waals surface area contributed by atoms with Crippen LogP contribution in [0.3, 0.4) is 0 Å². The number of aromatic nitrogens is 4. The van der Waals surface area contributed by atoms with Gasteiger partial charge in [0.25, 0.3) is 11.5 Å². The minimum Gasteiger partial charge on any atom is -0.354 e. The molecule has 0 saturated carbocycles. The van der Waals surface area contributed by atoms with Crippen LogP contribution in [-0.4, -0.2) is 32.1 Å². The van der Waals surface area contributed by atoms with Crippen LogP contribution in [0, 0.1) is 13.8 Å². The minimum absolute atomic E-state index is 0.0750. The molecule has 0 aliphatic heterocycles. The monoisotopic (exact) mass is 493 g/mol. The zero-order chi connectivity index (χ0) is 19.2. The molecular formula is C15H14F2IN5O2S. The molecule has 1 N–H and O–H groups in total. The molecule has 3 rings (SSSR count). The zero-order valence-corrected chi connectivity index (χ0v) is 17.0. The van der Waals surface area contributed by atoms with Gasteiger partial charge in [0.1, 0.15) is 5.69 Å². The largest absolute Gasteiger partial charge is 0.354 e. The van der Waals surface area contributed by atoms with Crippen molar-refractivity contribution in [2.24, 2.45) is 0 Å². The fraction of sp³-hybridized carbons (Fsp3) is 0.333. The van der Waals surface area contributed by atoms with E-state index in [1.807, 2.05) is 0 Å². The number of nitrogens with zero attached hydrogens (tertiary/aromatic N) is 4. The number of carbonyl (C=O) groups is 1. The molecule has 0 unspecified atom stereocenters. The van der Waals surface area contributed by atoms with Crippen LogP contribution < -0.4 is 10.9 Å². The third kappa shape index (κ3) is 3.37. The molecule has 11 heteroatoms. The number of amides is 1. The number of thiazole rings is 1. The zero-order valence-electron chi connectivity index (χ0n) is 14.0. The summed E-state index contributed by atoms with van der Waals surface area (Å²) in [6, 6.07) is 1.28. The molecule has 0 saturated heterocycles. The van der Waals surface area contributed by atoms with E-state index in [-0.39, 0.29) is 29.4 Å². The summed E-state index contributed by atoms with van der Waals surface area (Å²) in [6.07, 6.45) is 1.25. The van der Waals surface area contributed by atoms with Gasteiger partial charge in [-0.2, -0.15) is 13.9 Å². The molecule has 138 valence electrons. The lowest BCUT2D eigenvalue weighted by Gasteiger charge is -2.05. The Morgan fingerprint density at radius 3 is 2.69 bits per heavy atom. The van der Waals surface area contributed by atoms with Crippen LogP contribution in [0.5, 0.6) is 0 Å². The van der Waals surface area contributed by atoms with E-state index in [4.69, 9.17) is 0 Å². The number of nitrogens with one attached hydrogen (secondary N) is 1. The average Bonchev–Trinajstić information content (AvgIpc) is 3.06. The quantitative estimate of drug-likeness (QED) is 0.448. The second kappa shape index (κ2) is 6.68. The van der Waals surface area contributed by atoms with E-state index in [9.17, 15) is 18.4 Å². The van der Waals surface area contributed by atoms with Crippen molar-refractivity contribution in [3.8, 4) is 0 Å². The standard InChI is InChI=1S/C15H14F2IN5O2S/c1-7-10(15(16,17)18)6-22(21-7)5-9-4-11(24)23-12(13(25)19-3)8(2)26-14(23)20-9/h4,6H,5H2,1-3H3,(H,19,25). The van der Waals surface area contributed by atoms with E-state index in [1.54, 1.807) is 6.92 Å². The van der Waals surface area contributed by atoms with Crippen molar-refractivity contribution in [3.05, 3.63) is 50.1 Å². The van der Waals surface area contributed by atoms with Crippen LogP contribution in [0.2, 0.25) is 0 Å². The Bertz CT molecular complexity index is 1070. The van der Waals surface area contributed by atoms with Crippen LogP contribution in [0.25, 0.3) is 4.96 Å². The average molecular weight is 493 g/mol. The molecule has 3 aromatic heterocycles. The van der Waals surface area contributed by atoms with Crippen molar-refractivity contribution < 1.29 is 13.6 Å². The van der Waals surface area contributed by atoms with E-state index in [0.29, 0.717) is 15.5 Å². The molecule has 3 heterocycles. The Balaban J connectivity index is 2.03. The predicted octanol–water partition coefficient (Wildman–Crippen LogP) is 2.46. The first-order valence-electron chi connectivity index (χ1n) is 7.47. The highest BCUT2D eigenvalue weighted by atomic mass is 127. The lowest BCUT2D eigenvalue weighted by Crippen LogP contribution is -2.26. The van der Waals surface area contributed by atoms with E-state index in [1.165, 1.54) is 46.7 Å². The minimum atomic E-state index is -3.02. The van der Waals surface area contributed by atoms with Gasteiger partial charge in [-0.05, 0) is 13.8 Å². The molecule has 0 bridgehead atoms. The first-order valence-corrected chi connectivity index (χ1v) is 9.36. The van der Waals surface area contributed by atoms with Gasteiger partial charge in [0.15, 0.2) is 4.96 Å².